The summed E-state index contributed by atoms with van der Waals surface area (Å²) >= 11 is 3.22. The van der Waals surface area contributed by atoms with Crippen LogP contribution in [0.15, 0.2) is 33.3 Å². The van der Waals surface area contributed by atoms with Crippen LogP contribution in [-0.4, -0.2) is 19.9 Å². The topological polar surface area (TPSA) is 82.8 Å². The number of hydrogen-bond donors (Lipinski definition) is 1. The summed E-state index contributed by atoms with van der Waals surface area (Å²) in [5.41, 5.74) is 1.05. The highest BCUT2D eigenvalue weighted by molar-refractivity contribution is 7.98. The van der Waals surface area contributed by atoms with Crippen molar-refractivity contribution >= 4 is 23.1 Å². The van der Waals surface area contributed by atoms with Crippen LogP contribution in [0, 0.1) is 0 Å². The van der Waals surface area contributed by atoms with E-state index in [1.807, 2.05) is 0 Å². The minimum absolute atomic E-state index is 0.521. The largest absolute Gasteiger partial charge is 0.461 e. The van der Waals surface area contributed by atoms with Gasteiger partial charge >= 0.3 is 0 Å². The second kappa shape index (κ2) is 6.31. The molecule has 0 unspecified atom stereocenters. The predicted molar refractivity (Wildman–Crippen MR) is 83.5 cm³/mol. The number of thiazole rings is 1. The molecule has 0 saturated heterocycles. The lowest BCUT2D eigenvalue weighted by Gasteiger charge is -2.00. The molecule has 21 heavy (non-hydrogen) atoms. The maximum absolute atomic E-state index is 6.00. The van der Waals surface area contributed by atoms with Crippen molar-refractivity contribution in [3.63, 3.8) is 0 Å². The smallest absolute Gasteiger partial charge is 0.218 e. The van der Waals surface area contributed by atoms with Gasteiger partial charge in [-0.3, -0.25) is 0 Å². The van der Waals surface area contributed by atoms with Gasteiger partial charge < -0.3 is 10.3 Å². The Morgan fingerprint density at radius 2 is 2.33 bits per heavy atom. The molecular formula is C13H15N5OS2. The Balaban J connectivity index is 1.68. The summed E-state index contributed by atoms with van der Waals surface area (Å²) in [6, 6.07) is 3.60. The third-order valence-corrected chi connectivity index (χ3v) is 4.75. The first-order chi connectivity index (χ1) is 10.3. The number of aryl methyl sites for hydroxylation is 1. The molecule has 0 aliphatic carbocycles. The number of furan rings is 1. The van der Waals surface area contributed by atoms with Crippen LogP contribution >= 0.6 is 23.1 Å². The van der Waals surface area contributed by atoms with E-state index in [0.717, 1.165) is 24.3 Å². The van der Waals surface area contributed by atoms with Gasteiger partial charge in [0.05, 0.1) is 17.0 Å². The molecule has 6 nitrogen and oxygen atoms in total. The normalized spacial score (nSPS) is 11.1. The fraction of sp³-hybridized carbons (Fsp3) is 0.308. The molecule has 8 heteroatoms. The zero-order valence-corrected chi connectivity index (χ0v) is 13.2. The van der Waals surface area contributed by atoms with Crippen molar-refractivity contribution < 1.29 is 4.42 Å². The fourth-order valence-corrected chi connectivity index (χ4v) is 3.59. The van der Waals surface area contributed by atoms with Crippen molar-refractivity contribution in [3.05, 3.63) is 34.5 Å². The van der Waals surface area contributed by atoms with Gasteiger partial charge in [0.1, 0.15) is 0 Å². The molecule has 0 bridgehead atoms. The second-order valence-electron chi connectivity index (χ2n) is 4.42. The van der Waals surface area contributed by atoms with Gasteiger partial charge in [-0.15, -0.1) is 21.5 Å². The van der Waals surface area contributed by atoms with Gasteiger partial charge in [-0.05, 0) is 25.0 Å². The first-order valence-corrected chi connectivity index (χ1v) is 8.45. The van der Waals surface area contributed by atoms with Crippen LogP contribution in [0.3, 0.4) is 0 Å². The maximum atomic E-state index is 6.00. The molecule has 0 amide bonds. The molecule has 3 heterocycles. The summed E-state index contributed by atoms with van der Waals surface area (Å²) in [6.45, 7) is 2.16. The Labute approximate surface area is 130 Å². The number of aromatic nitrogens is 4. The van der Waals surface area contributed by atoms with Crippen molar-refractivity contribution in [2.24, 2.45) is 0 Å². The lowest BCUT2D eigenvalue weighted by Crippen LogP contribution is -2.11. The van der Waals surface area contributed by atoms with Gasteiger partial charge in [-0.2, -0.15) is 0 Å². The molecule has 3 aromatic heterocycles. The number of nitrogens with two attached hydrogens (primary N) is 1. The van der Waals surface area contributed by atoms with E-state index in [-0.39, 0.29) is 0 Å². The maximum Gasteiger partial charge on any atom is 0.218 e. The lowest BCUT2D eigenvalue weighted by atomic mass is 10.3. The molecule has 0 aromatic carbocycles. The quantitative estimate of drug-likeness (QED) is 0.555. The van der Waals surface area contributed by atoms with Crippen LogP contribution in [0.4, 0.5) is 0 Å². The van der Waals surface area contributed by atoms with Crippen molar-refractivity contribution in [3.8, 4) is 11.6 Å². The monoisotopic (exact) mass is 321 g/mol. The predicted octanol–water partition coefficient (Wildman–Crippen LogP) is 2.95. The van der Waals surface area contributed by atoms with Crippen LogP contribution in [-0.2, 0) is 12.2 Å². The standard InChI is InChI=1S/C13H15N5OS2/c1-2-4-11-15-9(7-20-11)8-21-13-17-16-12(18(13)14)10-5-3-6-19-10/h3,5-7H,2,4,8,14H2,1H3. The van der Waals surface area contributed by atoms with E-state index >= 15 is 0 Å². The van der Waals surface area contributed by atoms with E-state index in [4.69, 9.17) is 10.3 Å². The number of hydrogen-bond acceptors (Lipinski definition) is 7. The molecule has 0 fully saturated rings. The zero-order valence-electron chi connectivity index (χ0n) is 11.5. The molecule has 2 N–H and O–H groups in total. The van der Waals surface area contributed by atoms with E-state index in [9.17, 15) is 0 Å². The minimum Gasteiger partial charge on any atom is -0.461 e. The summed E-state index contributed by atoms with van der Waals surface area (Å²) in [6.07, 6.45) is 3.73. The van der Waals surface area contributed by atoms with Crippen LogP contribution in [0.5, 0.6) is 0 Å². The van der Waals surface area contributed by atoms with Crippen LogP contribution in [0.2, 0.25) is 0 Å². The average molecular weight is 321 g/mol. The molecule has 0 radical (unpaired) electrons. The van der Waals surface area contributed by atoms with Crippen LogP contribution in [0.25, 0.3) is 11.6 Å². The van der Waals surface area contributed by atoms with Gasteiger partial charge in [0.2, 0.25) is 11.0 Å². The Morgan fingerprint density at radius 1 is 1.43 bits per heavy atom. The summed E-state index contributed by atoms with van der Waals surface area (Å²) in [7, 11) is 0. The van der Waals surface area contributed by atoms with Gasteiger partial charge in [0.15, 0.2) is 5.76 Å². The van der Waals surface area contributed by atoms with E-state index in [1.165, 1.54) is 21.4 Å². The fourth-order valence-electron chi connectivity index (χ4n) is 1.83. The lowest BCUT2D eigenvalue weighted by molar-refractivity contribution is 0.574. The average Bonchev–Trinajstić information content (AvgIpc) is 3.18. The molecule has 0 aliphatic heterocycles. The number of rotatable bonds is 6. The van der Waals surface area contributed by atoms with Crippen molar-refractivity contribution in [2.45, 2.75) is 30.7 Å². The van der Waals surface area contributed by atoms with E-state index in [0.29, 0.717) is 16.7 Å². The SMILES string of the molecule is CCCc1nc(CSc2nnc(-c3ccco3)n2N)cs1. The van der Waals surface area contributed by atoms with Crippen LogP contribution < -0.4 is 5.84 Å². The summed E-state index contributed by atoms with van der Waals surface area (Å²) in [5, 5.41) is 12.1. The van der Waals surface area contributed by atoms with Crippen molar-refractivity contribution in [1.29, 1.82) is 0 Å². The molecule has 0 spiro atoms. The molecule has 0 aliphatic rings. The molecular weight excluding hydrogens is 306 g/mol. The number of thioether (sulfide) groups is 1. The first kappa shape index (κ1) is 14.2. The minimum atomic E-state index is 0.521. The third kappa shape index (κ3) is 3.11. The third-order valence-electron chi connectivity index (χ3n) is 2.82. The van der Waals surface area contributed by atoms with Crippen molar-refractivity contribution in [2.75, 3.05) is 5.84 Å². The number of nitrogens with zero attached hydrogens (tertiary/aromatic N) is 4. The second-order valence-corrected chi connectivity index (χ2v) is 6.31. The summed E-state index contributed by atoms with van der Waals surface area (Å²) in [5.74, 6) is 7.86. The van der Waals surface area contributed by atoms with E-state index < -0.39 is 0 Å². The molecule has 3 rings (SSSR count). The van der Waals surface area contributed by atoms with Gasteiger partial charge in [0.25, 0.3) is 0 Å². The molecule has 0 atom stereocenters. The highest BCUT2D eigenvalue weighted by Gasteiger charge is 2.14. The Kier molecular flexibility index (Phi) is 4.26. The van der Waals surface area contributed by atoms with Gasteiger partial charge in [-0.25, -0.2) is 9.66 Å². The summed E-state index contributed by atoms with van der Waals surface area (Å²) in [4.78, 5) is 4.58. The first-order valence-electron chi connectivity index (χ1n) is 6.58. The Bertz CT molecular complexity index is 704. The number of nitrogen functional groups attached to an aromatic ring is 1. The highest BCUT2D eigenvalue weighted by Crippen LogP contribution is 2.25. The zero-order chi connectivity index (χ0) is 14.7. The Morgan fingerprint density at radius 3 is 3.10 bits per heavy atom. The van der Waals surface area contributed by atoms with Crippen LogP contribution in [0.1, 0.15) is 24.0 Å². The Hall–Kier alpha value is -1.80. The molecule has 0 saturated carbocycles. The van der Waals surface area contributed by atoms with E-state index in [1.54, 1.807) is 29.7 Å². The van der Waals surface area contributed by atoms with Gasteiger partial charge in [0, 0.05) is 11.1 Å². The molecule has 110 valence electrons. The molecule has 3 aromatic rings. The highest BCUT2D eigenvalue weighted by atomic mass is 32.2. The van der Waals surface area contributed by atoms with Gasteiger partial charge in [-0.1, -0.05) is 18.7 Å². The van der Waals surface area contributed by atoms with Crippen molar-refractivity contribution in [1.82, 2.24) is 19.9 Å². The summed E-state index contributed by atoms with van der Waals surface area (Å²) < 4.78 is 6.73. The van der Waals surface area contributed by atoms with E-state index in [2.05, 4.69) is 27.5 Å².